The number of phenols is 7. The molecule has 17 rings (SSSR count). The van der Waals surface area contributed by atoms with Gasteiger partial charge < -0.3 is 64.4 Å². The third-order valence-corrected chi connectivity index (χ3v) is 21.7. The van der Waals surface area contributed by atoms with Gasteiger partial charge in [-0.1, -0.05) is 100 Å². The van der Waals surface area contributed by atoms with Crippen LogP contribution in [0.3, 0.4) is 0 Å². The first-order valence-corrected chi connectivity index (χ1v) is 44.4. The topological polar surface area (TPSA) is 368 Å². The van der Waals surface area contributed by atoms with Crippen molar-refractivity contribution in [2.45, 2.75) is 67.7 Å². The predicted octanol–water partition coefficient (Wildman–Crippen LogP) is 26.6. The quantitative estimate of drug-likeness (QED) is 0.0285. The number of H-pyrrole nitrogens is 2. The van der Waals surface area contributed by atoms with E-state index in [-0.39, 0.29) is 69.3 Å². The van der Waals surface area contributed by atoms with Gasteiger partial charge in [0.15, 0.2) is 18.3 Å². The Morgan fingerprint density at radius 3 is 1.35 bits per heavy atom. The number of methoxy groups -OCH3 is 3. The van der Waals surface area contributed by atoms with Crippen LogP contribution >= 0.6 is 43.5 Å². The molecule has 0 amide bonds. The summed E-state index contributed by atoms with van der Waals surface area (Å²) < 4.78 is 78.6. The van der Waals surface area contributed by atoms with Gasteiger partial charge in [-0.15, -0.1) is 0 Å². The van der Waals surface area contributed by atoms with E-state index in [2.05, 4.69) is 98.3 Å². The number of para-hydroxylation sites is 1. The number of aromatic hydroxyl groups is 7. The number of hydrogen-bond acceptors (Lipinski definition) is 23. The Morgan fingerprint density at radius 1 is 0.439 bits per heavy atom. The highest BCUT2D eigenvalue weighted by Crippen LogP contribution is 2.42. The van der Waals surface area contributed by atoms with Gasteiger partial charge in [-0.05, 0) is 267 Å². The van der Waals surface area contributed by atoms with E-state index in [0.717, 1.165) is 113 Å². The average molecular weight is 2030 g/mol. The van der Waals surface area contributed by atoms with Crippen molar-refractivity contribution >= 4 is 149 Å². The Hall–Kier alpha value is -16.1. The molecule has 0 bridgehead atoms. The molecule has 14 aromatic carbocycles. The molecule has 0 saturated carbocycles. The standard InChI is InChI=1S/C17H18BrNO4.C16H14N2O.C16H15NO3.C15H11ClF3NO.C15H13N3O.C14H11BrFNO.C14H12N4O/c1-10-5-11(16(20)13(18)6-10)9-19-12-7-14(21-2)17(23-4)15(8-12)22-3;1-12-2-7-16(19)14(10-12)11-18-15-5-3-13(4-6-15)8-9-17;1-11-2-5-15(18)13(6-11)8-17-14-4-3-12-9-19-10-20-16(12)7-14;1-9-2-5-14(21)10(6-9)8-20-13-4-3-11(7-12(13)16)15(17,18)19;1-10-2-5-15(19)11(6-10)8-16-12-3-4-13-14(7-12)18-9-17-13;1-9-6-10(14(18)11(15)7-9)8-17-13-5-3-2-4-12(13)16;1-9-2-5-14(19)10(6-9)8-15-11-3-4-12-13(7-11)17-18-16-12/h5-9,20H,1-4H3;2-7,10-11,19H,8H2,1H3;2-8,18H,9-10H2,1H3;2-8,21H,1H3;2-9,19H,1H3,(H,17,18);2-8,18H,1H3;2-8,19H,1H3,(H,16,17,18). The van der Waals surface area contributed by atoms with Gasteiger partial charge in [0.1, 0.15) is 62.8 Å². The maximum absolute atomic E-state index is 13.4. The van der Waals surface area contributed by atoms with Crippen LogP contribution < -0.4 is 18.9 Å². The zero-order valence-electron chi connectivity index (χ0n) is 76.6. The fourth-order valence-corrected chi connectivity index (χ4v) is 14.3. The number of aromatic nitrogens is 5. The van der Waals surface area contributed by atoms with Gasteiger partial charge in [-0.3, -0.25) is 34.9 Å². The van der Waals surface area contributed by atoms with E-state index >= 15 is 0 Å². The van der Waals surface area contributed by atoms with Crippen molar-refractivity contribution in [1.82, 2.24) is 25.4 Å². The number of imidazole rings is 1. The van der Waals surface area contributed by atoms with Gasteiger partial charge in [0.25, 0.3) is 0 Å². The summed E-state index contributed by atoms with van der Waals surface area (Å²) in [4.78, 5) is 37.1. The maximum Gasteiger partial charge on any atom is 0.416 e. The molecule has 25 nitrogen and oxygen atoms in total. The molecule has 32 heteroatoms. The molecule has 3 heterocycles. The van der Waals surface area contributed by atoms with Gasteiger partial charge in [0.2, 0.25) is 5.75 Å². The normalized spacial score (nSPS) is 11.6. The first-order valence-electron chi connectivity index (χ1n) is 42.4. The number of aryl methyl sites for hydroxylation is 7. The number of rotatable bonds is 18. The Bertz CT molecular complexity index is 7130. The highest BCUT2D eigenvalue weighted by atomic mass is 79.9. The summed E-state index contributed by atoms with van der Waals surface area (Å²) in [5.41, 5.74) is 20.5. The van der Waals surface area contributed by atoms with Crippen molar-refractivity contribution in [2.24, 2.45) is 34.9 Å². The molecular weight excluding hydrogens is 1930 g/mol. The van der Waals surface area contributed by atoms with E-state index in [1.165, 1.54) is 30.6 Å². The molecule has 0 unspecified atom stereocenters. The molecule has 708 valence electrons. The third kappa shape index (κ3) is 30.7. The number of aromatic amines is 2. The fraction of sp³-hybridized carbons (Fsp3) is 0.131. The van der Waals surface area contributed by atoms with E-state index < -0.39 is 11.7 Å². The Labute approximate surface area is 820 Å². The smallest absolute Gasteiger partial charge is 0.416 e. The zero-order valence-corrected chi connectivity index (χ0v) is 80.6. The molecule has 9 N–H and O–H groups in total. The van der Waals surface area contributed by atoms with E-state index in [0.29, 0.717) is 83.9 Å². The number of nitrogens with one attached hydrogen (secondary N) is 2. The summed E-state index contributed by atoms with van der Waals surface area (Å²) in [6, 6.07) is 73.1. The second-order valence-electron chi connectivity index (χ2n) is 31.0. The lowest BCUT2D eigenvalue weighted by Gasteiger charge is -2.17. The van der Waals surface area contributed by atoms with Gasteiger partial charge in [-0.2, -0.15) is 33.8 Å². The van der Waals surface area contributed by atoms with Crippen LogP contribution in [0.5, 0.6) is 63.2 Å². The lowest BCUT2D eigenvalue weighted by atomic mass is 10.1. The molecule has 1 aliphatic heterocycles. The highest BCUT2D eigenvalue weighted by molar-refractivity contribution is 9.11. The number of hydrogen-bond donors (Lipinski definition) is 9. The van der Waals surface area contributed by atoms with Crippen LogP contribution in [0.2, 0.25) is 5.02 Å². The number of aliphatic imine (C=N–C) groups is 7. The molecular formula is C107H94Br2ClF4N13O12. The van der Waals surface area contributed by atoms with Crippen molar-refractivity contribution in [1.29, 1.82) is 5.26 Å². The van der Waals surface area contributed by atoms with Gasteiger partial charge >= 0.3 is 6.18 Å². The van der Waals surface area contributed by atoms with Crippen LogP contribution in [0, 0.1) is 65.6 Å². The first-order chi connectivity index (χ1) is 66.7. The minimum atomic E-state index is -4.44. The van der Waals surface area contributed by atoms with Gasteiger partial charge in [0, 0.05) is 106 Å². The van der Waals surface area contributed by atoms with Gasteiger partial charge in [0.05, 0.1) is 117 Å². The van der Waals surface area contributed by atoms with Crippen molar-refractivity contribution in [3.63, 3.8) is 0 Å². The number of nitrogens with zero attached hydrogens (tertiary/aromatic N) is 11. The van der Waals surface area contributed by atoms with Crippen molar-refractivity contribution < 1.29 is 77.0 Å². The summed E-state index contributed by atoms with van der Waals surface area (Å²) >= 11 is 12.4. The van der Waals surface area contributed by atoms with Crippen LogP contribution in [0.1, 0.15) is 94.6 Å². The molecule has 16 aromatic rings. The van der Waals surface area contributed by atoms with E-state index in [1.807, 2.05) is 188 Å². The minimum Gasteiger partial charge on any atom is -0.507 e. The Morgan fingerprint density at radius 2 is 0.863 bits per heavy atom. The van der Waals surface area contributed by atoms with Crippen LogP contribution in [0.4, 0.5) is 57.4 Å². The molecule has 2 aromatic heterocycles. The van der Waals surface area contributed by atoms with Crippen LogP contribution in [0.25, 0.3) is 22.1 Å². The zero-order chi connectivity index (χ0) is 99.8. The largest absolute Gasteiger partial charge is 0.507 e. The van der Waals surface area contributed by atoms with E-state index in [9.17, 15) is 53.3 Å². The monoisotopic (exact) mass is 2020 g/mol. The predicted molar refractivity (Wildman–Crippen MR) is 548 cm³/mol. The van der Waals surface area contributed by atoms with E-state index in [4.69, 9.17) is 40.5 Å². The lowest BCUT2D eigenvalue weighted by Crippen LogP contribution is -2.10. The number of alkyl halides is 3. The summed E-state index contributed by atoms with van der Waals surface area (Å²) in [5, 5.41) is 87.6. The fourth-order valence-electron chi connectivity index (χ4n) is 12.9. The van der Waals surface area contributed by atoms with Crippen LogP contribution in [-0.4, -0.2) is 133 Å². The van der Waals surface area contributed by atoms with Gasteiger partial charge in [-0.25, -0.2) is 9.37 Å². The van der Waals surface area contributed by atoms with Crippen molar-refractivity contribution in [2.75, 3.05) is 28.1 Å². The lowest BCUT2D eigenvalue weighted by molar-refractivity contribution is -0.137. The average Bonchev–Trinajstić information content (AvgIpc) is 1.70. The summed E-state index contributed by atoms with van der Waals surface area (Å²) in [7, 11) is 4.65. The second kappa shape index (κ2) is 49.9. The Kier molecular flexibility index (Phi) is 37.1. The third-order valence-electron chi connectivity index (χ3n) is 20.1. The number of benzene rings is 14. The molecule has 0 aliphatic carbocycles. The van der Waals surface area contributed by atoms with E-state index in [1.54, 1.807) is 138 Å². The highest BCUT2D eigenvalue weighted by Gasteiger charge is 2.31. The second-order valence-corrected chi connectivity index (χ2v) is 33.1. The number of ether oxygens (including phenoxy) is 5. The minimum absolute atomic E-state index is 0.0346. The summed E-state index contributed by atoms with van der Waals surface area (Å²) in [5.74, 6) is 3.14. The molecule has 0 atom stereocenters. The molecule has 0 fully saturated rings. The first kappa shape index (κ1) is 103. The van der Waals surface area contributed by atoms with Crippen LogP contribution in [-0.2, 0) is 23.9 Å². The molecule has 0 spiro atoms. The molecule has 0 saturated heterocycles. The summed E-state index contributed by atoms with van der Waals surface area (Å²) in [6.07, 6.45) is 8.62. The number of phenolic OH excluding ortho intramolecular Hbond substituents is 7. The van der Waals surface area contributed by atoms with Crippen molar-refractivity contribution in [3.05, 3.63) is 369 Å². The SMILES string of the molecule is COc1cc(N=Cc2cc(C)cc(Br)c2O)cc(OC)c1OC.Cc1cc(Br)c(O)c(C=Nc2ccccc2F)c1.Cc1ccc(O)c(C=Nc2ccc(C(F)(F)F)cc2Cl)c1.Cc1ccc(O)c(C=Nc2ccc(CC#N)cc2)c1.Cc1ccc(O)c(C=Nc2ccc3c(c2)OCOC3)c1.Cc1ccc(O)c(C=Nc2ccc3n[nH]nc3c2)c1.Cc1ccc(O)c(C=Nc2ccc3nc[nH]c3c2)c1. The molecule has 1 aliphatic rings. The summed E-state index contributed by atoms with van der Waals surface area (Å²) in [6.45, 7) is 14.4. The Balaban J connectivity index is 0.000000155. The number of nitriles is 1. The molecule has 0 radical (unpaired) electrons. The molecule has 139 heavy (non-hydrogen) atoms. The number of fused-ring (bicyclic) bond motifs is 3. The van der Waals surface area contributed by atoms with Crippen molar-refractivity contribution in [3.8, 4) is 69.3 Å². The van der Waals surface area contributed by atoms with Crippen LogP contribution in [0.15, 0.2) is 299 Å². The maximum atomic E-state index is 13.4. The number of halogens is 7.